The van der Waals surface area contributed by atoms with Gasteiger partial charge in [-0.3, -0.25) is 9.80 Å². The van der Waals surface area contributed by atoms with Crippen molar-refractivity contribution in [1.82, 2.24) is 15.1 Å². The van der Waals surface area contributed by atoms with Crippen LogP contribution in [0.15, 0.2) is 24.3 Å². The van der Waals surface area contributed by atoms with Gasteiger partial charge < -0.3 is 15.4 Å². The number of likely N-dealkylation sites (tertiary alicyclic amines) is 1. The molecule has 2 bridgehead atoms. The molecule has 1 unspecified atom stereocenters. The minimum absolute atomic E-state index is 0.581. The van der Waals surface area contributed by atoms with Crippen molar-refractivity contribution in [3.63, 3.8) is 0 Å². The number of hydrogen-bond acceptors (Lipinski definition) is 4. The lowest BCUT2D eigenvalue weighted by Gasteiger charge is -2.51. The van der Waals surface area contributed by atoms with E-state index in [1.165, 1.54) is 51.9 Å². The molecular weight excluding hydrogens is 404 g/mol. The molecule has 2 N–H and O–H groups in total. The van der Waals surface area contributed by atoms with Crippen LogP contribution >= 0.6 is 23.8 Å². The number of thiocarbonyl (C=S) groups is 1. The highest BCUT2D eigenvalue weighted by Crippen LogP contribution is 2.37. The van der Waals surface area contributed by atoms with Crippen molar-refractivity contribution in [2.75, 3.05) is 51.8 Å². The standard InChI is InChI=1S/C22H33ClN4OS/c1-28-15-20-6-3-8-26(20)13-17-14-27-9-7-16(17)10-21(27)12-24-22(29)25-19-5-2-4-18(23)11-19/h2,4-5,11,16-17,20-21H,3,6-10,12-15H2,1H3,(H2,24,25,29)/t16-,17-,20+,21+/m0/s1. The van der Waals surface area contributed by atoms with E-state index in [1.54, 1.807) is 0 Å². The van der Waals surface area contributed by atoms with E-state index >= 15 is 0 Å². The van der Waals surface area contributed by atoms with Gasteiger partial charge in [-0.1, -0.05) is 17.7 Å². The third kappa shape index (κ3) is 5.42. The van der Waals surface area contributed by atoms with Crippen molar-refractivity contribution < 1.29 is 4.74 Å². The Labute approximate surface area is 185 Å². The summed E-state index contributed by atoms with van der Waals surface area (Å²) >= 11 is 11.5. The summed E-state index contributed by atoms with van der Waals surface area (Å²) in [5.74, 6) is 1.64. The van der Waals surface area contributed by atoms with Crippen molar-refractivity contribution >= 4 is 34.6 Å². The molecule has 7 heteroatoms. The van der Waals surface area contributed by atoms with Crippen LogP contribution in [0.3, 0.4) is 0 Å². The van der Waals surface area contributed by atoms with E-state index in [9.17, 15) is 0 Å². The molecule has 0 aromatic heterocycles. The highest BCUT2D eigenvalue weighted by Gasteiger charge is 2.41. The molecule has 0 saturated carbocycles. The number of fused-ring (bicyclic) bond motifs is 3. The molecule has 5 nitrogen and oxygen atoms in total. The predicted octanol–water partition coefficient (Wildman–Crippen LogP) is 3.45. The zero-order valence-electron chi connectivity index (χ0n) is 17.3. The van der Waals surface area contributed by atoms with E-state index in [-0.39, 0.29) is 0 Å². The first-order chi connectivity index (χ1) is 14.1. The van der Waals surface area contributed by atoms with Gasteiger partial charge in [0.2, 0.25) is 0 Å². The molecule has 4 aliphatic heterocycles. The summed E-state index contributed by atoms with van der Waals surface area (Å²) in [5.41, 5.74) is 0.928. The fraction of sp³-hybridized carbons (Fsp3) is 0.682. The first-order valence-corrected chi connectivity index (χ1v) is 11.7. The average molecular weight is 437 g/mol. The first kappa shape index (κ1) is 21.3. The van der Waals surface area contributed by atoms with Gasteiger partial charge in [0, 0.05) is 49.5 Å². The molecule has 0 radical (unpaired) electrons. The lowest BCUT2D eigenvalue weighted by Crippen LogP contribution is -2.59. The zero-order valence-corrected chi connectivity index (χ0v) is 18.9. The summed E-state index contributed by atoms with van der Waals surface area (Å²) in [6.07, 6.45) is 5.23. The van der Waals surface area contributed by atoms with E-state index in [2.05, 4.69) is 20.4 Å². The number of benzene rings is 1. The highest BCUT2D eigenvalue weighted by atomic mass is 35.5. The van der Waals surface area contributed by atoms with Crippen molar-refractivity contribution in [3.8, 4) is 0 Å². The summed E-state index contributed by atoms with van der Waals surface area (Å²) < 4.78 is 5.44. The Hall–Kier alpha value is -0.920. The van der Waals surface area contributed by atoms with Crippen LogP contribution in [0.25, 0.3) is 0 Å². The molecule has 0 spiro atoms. The van der Waals surface area contributed by atoms with Crippen LogP contribution in [0.2, 0.25) is 5.02 Å². The van der Waals surface area contributed by atoms with Crippen LogP contribution in [0.4, 0.5) is 5.69 Å². The Bertz CT molecular complexity index is 705. The SMILES string of the molecule is COC[C@H]1CCCN1C[C@H]1CN2CC[C@H]1C[C@@H]2CNC(=S)Nc1cccc(Cl)c1. The number of nitrogens with one attached hydrogen (secondary N) is 2. The van der Waals surface area contributed by atoms with Crippen LogP contribution in [-0.2, 0) is 4.74 Å². The van der Waals surface area contributed by atoms with Crippen LogP contribution in [0.1, 0.15) is 25.7 Å². The maximum atomic E-state index is 6.05. The fourth-order valence-corrected chi connectivity index (χ4v) is 5.83. The van der Waals surface area contributed by atoms with E-state index in [1.807, 2.05) is 31.4 Å². The normalized spacial score (nSPS) is 31.7. The molecule has 0 amide bonds. The Morgan fingerprint density at radius 3 is 2.93 bits per heavy atom. The summed E-state index contributed by atoms with van der Waals surface area (Å²) in [6, 6.07) is 8.87. The van der Waals surface area contributed by atoms with Crippen molar-refractivity contribution in [2.24, 2.45) is 11.8 Å². The second-order valence-electron chi connectivity index (χ2n) is 8.78. The number of nitrogens with zero attached hydrogens (tertiary/aromatic N) is 2. The fourth-order valence-electron chi connectivity index (χ4n) is 5.44. The Morgan fingerprint density at radius 1 is 1.28 bits per heavy atom. The predicted molar refractivity (Wildman–Crippen MR) is 124 cm³/mol. The number of methoxy groups -OCH3 is 1. The lowest BCUT2D eigenvalue weighted by atomic mass is 9.75. The van der Waals surface area contributed by atoms with Gasteiger partial charge in [0.15, 0.2) is 5.11 Å². The van der Waals surface area contributed by atoms with E-state index in [4.69, 9.17) is 28.6 Å². The minimum atomic E-state index is 0.581. The molecule has 29 heavy (non-hydrogen) atoms. The molecule has 4 fully saturated rings. The molecule has 160 valence electrons. The van der Waals surface area contributed by atoms with Crippen LogP contribution < -0.4 is 10.6 Å². The number of piperidine rings is 3. The van der Waals surface area contributed by atoms with Gasteiger partial charge in [0.1, 0.15) is 0 Å². The van der Waals surface area contributed by atoms with Gasteiger partial charge in [-0.2, -0.15) is 0 Å². The Morgan fingerprint density at radius 2 is 2.17 bits per heavy atom. The van der Waals surface area contributed by atoms with E-state index < -0.39 is 0 Å². The minimum Gasteiger partial charge on any atom is -0.383 e. The molecular formula is C22H33ClN4OS. The monoisotopic (exact) mass is 436 g/mol. The van der Waals surface area contributed by atoms with Gasteiger partial charge in [0.05, 0.1) is 6.61 Å². The van der Waals surface area contributed by atoms with Gasteiger partial charge in [0.25, 0.3) is 0 Å². The highest BCUT2D eigenvalue weighted by molar-refractivity contribution is 7.80. The summed E-state index contributed by atoms with van der Waals surface area (Å²) in [7, 11) is 1.83. The number of halogens is 1. The Balaban J connectivity index is 1.24. The largest absolute Gasteiger partial charge is 0.383 e. The molecule has 5 atom stereocenters. The molecule has 1 aromatic carbocycles. The van der Waals surface area contributed by atoms with Gasteiger partial charge >= 0.3 is 0 Å². The second kappa shape index (κ2) is 9.92. The van der Waals surface area contributed by atoms with Crippen molar-refractivity contribution in [2.45, 2.75) is 37.8 Å². The average Bonchev–Trinajstić information content (AvgIpc) is 3.14. The summed E-state index contributed by atoms with van der Waals surface area (Å²) in [5, 5.41) is 8.05. The van der Waals surface area contributed by atoms with E-state index in [0.29, 0.717) is 22.2 Å². The third-order valence-electron chi connectivity index (χ3n) is 6.92. The van der Waals surface area contributed by atoms with Crippen molar-refractivity contribution in [3.05, 3.63) is 29.3 Å². The maximum absolute atomic E-state index is 6.05. The molecule has 4 saturated heterocycles. The Kier molecular flexibility index (Phi) is 7.30. The molecule has 4 aliphatic rings. The first-order valence-electron chi connectivity index (χ1n) is 10.9. The molecule has 0 aliphatic carbocycles. The summed E-state index contributed by atoms with van der Waals surface area (Å²) in [6.45, 7) is 6.72. The molecule has 5 rings (SSSR count). The number of anilines is 1. The summed E-state index contributed by atoms with van der Waals surface area (Å²) in [4.78, 5) is 5.37. The van der Waals surface area contributed by atoms with Crippen LogP contribution in [0.5, 0.6) is 0 Å². The molecule has 4 heterocycles. The quantitative estimate of drug-likeness (QED) is 0.638. The second-order valence-corrected chi connectivity index (χ2v) is 9.63. The third-order valence-corrected chi connectivity index (χ3v) is 7.40. The van der Waals surface area contributed by atoms with Gasteiger partial charge in [-0.25, -0.2) is 0 Å². The number of hydrogen-bond donors (Lipinski definition) is 2. The maximum Gasteiger partial charge on any atom is 0.170 e. The van der Waals surface area contributed by atoms with E-state index in [0.717, 1.165) is 30.7 Å². The molecule has 1 aromatic rings. The zero-order chi connectivity index (χ0) is 20.2. The van der Waals surface area contributed by atoms with Crippen LogP contribution in [-0.4, -0.2) is 73.4 Å². The lowest BCUT2D eigenvalue weighted by molar-refractivity contribution is -0.0158. The van der Waals surface area contributed by atoms with Crippen LogP contribution in [0, 0.1) is 11.8 Å². The smallest absolute Gasteiger partial charge is 0.170 e. The number of rotatable bonds is 7. The van der Waals surface area contributed by atoms with Gasteiger partial charge in [-0.05, 0) is 81.0 Å². The number of ether oxygens (including phenoxy) is 1. The topological polar surface area (TPSA) is 39.8 Å². The van der Waals surface area contributed by atoms with Crippen molar-refractivity contribution in [1.29, 1.82) is 0 Å². The van der Waals surface area contributed by atoms with Gasteiger partial charge in [-0.15, -0.1) is 0 Å².